The van der Waals surface area contributed by atoms with Crippen molar-refractivity contribution in [1.29, 1.82) is 0 Å². The van der Waals surface area contributed by atoms with E-state index in [2.05, 4.69) is 46.2 Å². The molecule has 154 valence electrons. The van der Waals surface area contributed by atoms with Crippen molar-refractivity contribution in [3.8, 4) is 0 Å². The van der Waals surface area contributed by atoms with Gasteiger partial charge in [0.1, 0.15) is 0 Å². The van der Waals surface area contributed by atoms with Gasteiger partial charge in [-0.05, 0) is 75.5 Å². The highest BCUT2D eigenvalue weighted by atomic mass is 15.0. The molecule has 3 nitrogen and oxygen atoms in total. The minimum atomic E-state index is 0.427. The van der Waals surface area contributed by atoms with Crippen molar-refractivity contribution in [2.45, 2.75) is 117 Å². The molecule has 6 atom stereocenters. The predicted octanol–water partition coefficient (Wildman–Crippen LogP) is 5.68. The van der Waals surface area contributed by atoms with Crippen LogP contribution in [0.2, 0.25) is 0 Å². The number of hydrogen-bond acceptors (Lipinski definition) is 3. The molecule has 0 radical (unpaired) electrons. The highest BCUT2D eigenvalue weighted by molar-refractivity contribution is 5.88. The molecule has 1 saturated heterocycles. The monoisotopic (exact) mass is 373 g/mol. The van der Waals surface area contributed by atoms with Crippen molar-refractivity contribution >= 4 is 11.9 Å². The van der Waals surface area contributed by atoms with E-state index in [1.807, 2.05) is 0 Å². The molecule has 0 bridgehead atoms. The van der Waals surface area contributed by atoms with Crippen LogP contribution in [0.3, 0.4) is 0 Å². The summed E-state index contributed by atoms with van der Waals surface area (Å²) in [5.41, 5.74) is 1.33. The maximum Gasteiger partial charge on any atom is 0.0550 e. The molecular formula is C24H43N3. The zero-order valence-electron chi connectivity index (χ0n) is 18.5. The minimum absolute atomic E-state index is 0.427. The van der Waals surface area contributed by atoms with Gasteiger partial charge in [0.2, 0.25) is 0 Å². The first kappa shape index (κ1) is 21.0. The van der Waals surface area contributed by atoms with Gasteiger partial charge in [-0.2, -0.15) is 0 Å². The molecule has 0 spiro atoms. The second kappa shape index (κ2) is 9.67. The van der Waals surface area contributed by atoms with Gasteiger partial charge in [0, 0.05) is 24.0 Å². The largest absolute Gasteiger partial charge is 0.301 e. The SMILES string of the molecule is CC(=NC1C(C)CCCC1C)C1CCCC(C=NC2C(C)CCCC2C)N1. The van der Waals surface area contributed by atoms with Gasteiger partial charge in [0.05, 0.1) is 12.1 Å². The molecule has 1 aliphatic heterocycles. The number of aliphatic imine (C=N–C) groups is 2. The first-order chi connectivity index (χ1) is 13.0. The van der Waals surface area contributed by atoms with Crippen molar-refractivity contribution in [2.75, 3.05) is 0 Å². The molecule has 2 aliphatic carbocycles. The van der Waals surface area contributed by atoms with Gasteiger partial charge in [-0.15, -0.1) is 0 Å². The lowest BCUT2D eigenvalue weighted by Crippen LogP contribution is -2.47. The van der Waals surface area contributed by atoms with E-state index in [4.69, 9.17) is 9.98 Å². The molecule has 0 aromatic carbocycles. The lowest BCUT2D eigenvalue weighted by molar-refractivity contribution is 0.251. The third-order valence-electron chi connectivity index (χ3n) is 7.69. The first-order valence-electron chi connectivity index (χ1n) is 11.8. The van der Waals surface area contributed by atoms with Gasteiger partial charge in [-0.1, -0.05) is 40.5 Å². The fourth-order valence-electron chi connectivity index (χ4n) is 5.82. The summed E-state index contributed by atoms with van der Waals surface area (Å²) in [7, 11) is 0. The Balaban J connectivity index is 1.60. The maximum absolute atomic E-state index is 5.24. The van der Waals surface area contributed by atoms with Gasteiger partial charge in [-0.25, -0.2) is 0 Å². The van der Waals surface area contributed by atoms with E-state index in [9.17, 15) is 0 Å². The average molecular weight is 374 g/mol. The molecule has 3 aliphatic rings. The number of hydrogen-bond donors (Lipinski definition) is 1. The van der Waals surface area contributed by atoms with Crippen molar-refractivity contribution in [2.24, 2.45) is 33.7 Å². The van der Waals surface area contributed by atoms with Crippen LogP contribution in [0.4, 0.5) is 0 Å². The Bertz CT molecular complexity index is 506. The molecule has 0 aromatic rings. The summed E-state index contributed by atoms with van der Waals surface area (Å²) in [5, 5.41) is 3.86. The van der Waals surface area contributed by atoms with E-state index in [0.29, 0.717) is 24.2 Å². The summed E-state index contributed by atoms with van der Waals surface area (Å²) >= 11 is 0. The molecule has 0 aromatic heterocycles. The molecule has 0 amide bonds. The number of nitrogens with one attached hydrogen (secondary N) is 1. The predicted molar refractivity (Wildman–Crippen MR) is 118 cm³/mol. The summed E-state index contributed by atoms with van der Waals surface area (Å²) in [4.78, 5) is 10.3. The van der Waals surface area contributed by atoms with E-state index in [1.54, 1.807) is 0 Å². The second-order valence-corrected chi connectivity index (χ2v) is 10.1. The van der Waals surface area contributed by atoms with Crippen LogP contribution in [-0.4, -0.2) is 36.1 Å². The Morgan fingerprint density at radius 3 is 1.85 bits per heavy atom. The average Bonchev–Trinajstić information content (AvgIpc) is 2.64. The third kappa shape index (κ3) is 5.43. The fraction of sp³-hybridized carbons (Fsp3) is 0.917. The van der Waals surface area contributed by atoms with E-state index in [0.717, 1.165) is 23.7 Å². The van der Waals surface area contributed by atoms with Crippen LogP contribution in [0.25, 0.3) is 0 Å². The molecule has 3 fully saturated rings. The Morgan fingerprint density at radius 1 is 0.741 bits per heavy atom. The lowest BCUT2D eigenvalue weighted by Gasteiger charge is -2.35. The van der Waals surface area contributed by atoms with E-state index in [1.165, 1.54) is 63.5 Å². The van der Waals surface area contributed by atoms with Crippen LogP contribution < -0.4 is 5.32 Å². The molecule has 1 heterocycles. The summed E-state index contributed by atoms with van der Waals surface area (Å²) in [5.74, 6) is 2.95. The van der Waals surface area contributed by atoms with E-state index >= 15 is 0 Å². The molecule has 1 N–H and O–H groups in total. The maximum atomic E-state index is 5.24. The standard InChI is InChI=1S/C24H43N3/c1-16-9-6-10-17(2)23(16)25-15-21-13-8-14-22(27-21)20(5)26-24-18(3)11-7-12-19(24)4/h15-19,21-24,27H,6-14H2,1-5H3. The second-order valence-electron chi connectivity index (χ2n) is 10.1. The zero-order valence-corrected chi connectivity index (χ0v) is 18.5. The van der Waals surface area contributed by atoms with E-state index in [-0.39, 0.29) is 0 Å². The quantitative estimate of drug-likeness (QED) is 0.633. The fourth-order valence-corrected chi connectivity index (χ4v) is 5.82. The first-order valence-corrected chi connectivity index (χ1v) is 11.8. The topological polar surface area (TPSA) is 36.8 Å². The van der Waals surface area contributed by atoms with Gasteiger partial charge in [0.25, 0.3) is 0 Å². The van der Waals surface area contributed by atoms with Crippen LogP contribution in [0.1, 0.15) is 92.4 Å². The normalized spacial score (nSPS) is 44.6. The number of nitrogens with zero attached hydrogens (tertiary/aromatic N) is 2. The molecular weight excluding hydrogens is 330 g/mol. The molecule has 3 rings (SSSR count). The summed E-state index contributed by atoms with van der Waals surface area (Å²) in [6.45, 7) is 11.8. The molecule has 6 unspecified atom stereocenters. The van der Waals surface area contributed by atoms with Crippen LogP contribution in [0.5, 0.6) is 0 Å². The summed E-state index contributed by atoms with van der Waals surface area (Å²) in [6, 6.07) is 1.92. The van der Waals surface area contributed by atoms with Crippen molar-refractivity contribution in [3.05, 3.63) is 0 Å². The van der Waals surface area contributed by atoms with E-state index < -0.39 is 0 Å². The van der Waals surface area contributed by atoms with Crippen molar-refractivity contribution in [3.63, 3.8) is 0 Å². The van der Waals surface area contributed by atoms with Crippen LogP contribution in [0.15, 0.2) is 9.98 Å². The Kier molecular flexibility index (Phi) is 7.53. The zero-order chi connectivity index (χ0) is 19.4. The van der Waals surface area contributed by atoms with Gasteiger partial charge in [-0.3, -0.25) is 9.98 Å². The number of rotatable bonds is 4. The Labute approximate surface area is 167 Å². The van der Waals surface area contributed by atoms with Crippen molar-refractivity contribution in [1.82, 2.24) is 5.32 Å². The van der Waals surface area contributed by atoms with Crippen LogP contribution in [0, 0.1) is 23.7 Å². The number of piperidine rings is 1. The van der Waals surface area contributed by atoms with Crippen molar-refractivity contribution < 1.29 is 0 Å². The van der Waals surface area contributed by atoms with Gasteiger partial charge < -0.3 is 5.32 Å². The third-order valence-corrected chi connectivity index (χ3v) is 7.69. The smallest absolute Gasteiger partial charge is 0.0550 e. The lowest BCUT2D eigenvalue weighted by atomic mass is 9.79. The molecule has 3 heteroatoms. The molecule has 2 saturated carbocycles. The Morgan fingerprint density at radius 2 is 1.26 bits per heavy atom. The summed E-state index contributed by atoms with van der Waals surface area (Å²) in [6.07, 6.45) is 14.1. The highest BCUT2D eigenvalue weighted by Gasteiger charge is 2.30. The molecule has 27 heavy (non-hydrogen) atoms. The van der Waals surface area contributed by atoms with Crippen LogP contribution >= 0.6 is 0 Å². The Hall–Kier alpha value is -0.700. The van der Waals surface area contributed by atoms with Crippen LogP contribution in [-0.2, 0) is 0 Å². The van der Waals surface area contributed by atoms with Gasteiger partial charge in [0.15, 0.2) is 0 Å². The summed E-state index contributed by atoms with van der Waals surface area (Å²) < 4.78 is 0. The van der Waals surface area contributed by atoms with Gasteiger partial charge >= 0.3 is 0 Å². The highest BCUT2D eigenvalue weighted by Crippen LogP contribution is 2.32. The minimum Gasteiger partial charge on any atom is -0.301 e.